The summed E-state index contributed by atoms with van der Waals surface area (Å²) >= 11 is 0. The summed E-state index contributed by atoms with van der Waals surface area (Å²) in [5, 5.41) is 2.80. The maximum absolute atomic E-state index is 11.5. The number of aromatic amines is 1. The quantitative estimate of drug-likeness (QED) is 0.885. The first-order valence-corrected chi connectivity index (χ1v) is 6.74. The molecule has 0 radical (unpaired) electrons. The van der Waals surface area contributed by atoms with Crippen molar-refractivity contribution < 1.29 is 16.4 Å². The Labute approximate surface area is 131 Å². The number of ether oxygens (including phenoxy) is 1. The smallest absolute Gasteiger partial charge is 0.407 e. The Hall–Kier alpha value is -2.01. The van der Waals surface area contributed by atoms with Gasteiger partial charge in [0, 0.05) is 26.4 Å². The largest absolute Gasteiger partial charge is 0.447 e. The Kier molecular flexibility index (Phi) is 2.50. The van der Waals surface area contributed by atoms with E-state index in [2.05, 4.69) is 9.72 Å². The van der Waals surface area contributed by atoms with E-state index in [-0.39, 0.29) is 5.56 Å². The highest BCUT2D eigenvalue weighted by Gasteiger charge is 2.22. The van der Waals surface area contributed by atoms with Crippen LogP contribution < -0.4 is 5.32 Å². The molecule has 1 aliphatic rings. The third-order valence-corrected chi connectivity index (χ3v) is 3.34. The van der Waals surface area contributed by atoms with E-state index in [9.17, 15) is 4.79 Å². The molecule has 2 N–H and O–H groups in total. The molecule has 1 fully saturated rings. The number of aromatic nitrogens is 1. The standard InChI is InChI=1S/C16H21N3O2/c1-19(2)6-5-12-9-17-15-4-3-11(8-14(12)15)7-13-10-21-16(20)18-13/h3-4,8-9,13,17H,5-7,10H2,1-2H3,(H,18,20)/t13-/m0/s1/i7D2,10D2,13D. The fourth-order valence-corrected chi connectivity index (χ4v) is 2.26. The normalized spacial score (nSPS) is 28.3. The zero-order valence-corrected chi connectivity index (χ0v) is 12.0. The Morgan fingerprint density at radius 1 is 1.57 bits per heavy atom. The number of alkyl carbamates (subject to hydrolysis) is 1. The molecule has 0 spiro atoms. The van der Waals surface area contributed by atoms with Crippen LogP contribution in [0.25, 0.3) is 10.9 Å². The lowest BCUT2D eigenvalue weighted by molar-refractivity contribution is 0.177. The predicted octanol–water partition coefficient (Wildman–Crippen LogP) is 1.92. The van der Waals surface area contributed by atoms with Crippen LogP contribution >= 0.6 is 0 Å². The summed E-state index contributed by atoms with van der Waals surface area (Å²) in [5.74, 6) is 0. The van der Waals surface area contributed by atoms with Gasteiger partial charge in [-0.3, -0.25) is 0 Å². The molecule has 1 aromatic carbocycles. The van der Waals surface area contributed by atoms with E-state index in [1.54, 1.807) is 12.1 Å². The number of hydrogen-bond donors (Lipinski definition) is 2. The molecule has 0 unspecified atom stereocenters. The minimum absolute atomic E-state index is 0.0976. The van der Waals surface area contributed by atoms with Crippen molar-refractivity contribution in [2.75, 3.05) is 27.2 Å². The summed E-state index contributed by atoms with van der Waals surface area (Å²) in [6, 6.07) is 2.18. The highest BCUT2D eigenvalue weighted by atomic mass is 16.6. The van der Waals surface area contributed by atoms with Gasteiger partial charge in [0.25, 0.3) is 0 Å². The SMILES string of the molecule is [2H]C1([2H])OC(=O)N[C@@]1([2H])C([2H])([2H])c1ccc2[nH]cc(CCN(C)C)c2c1. The Morgan fingerprint density at radius 3 is 3.14 bits per heavy atom. The Morgan fingerprint density at radius 2 is 2.43 bits per heavy atom. The van der Waals surface area contributed by atoms with E-state index in [1.807, 2.05) is 30.5 Å². The predicted molar refractivity (Wildman–Crippen MR) is 82.5 cm³/mol. The monoisotopic (exact) mass is 292 g/mol. The summed E-state index contributed by atoms with van der Waals surface area (Å²) in [4.78, 5) is 16.6. The number of carbonyl (C=O) groups is 1. The number of nitrogens with zero attached hydrogens (tertiary/aromatic N) is 1. The van der Waals surface area contributed by atoms with Gasteiger partial charge in [-0.25, -0.2) is 4.79 Å². The van der Waals surface area contributed by atoms with Gasteiger partial charge >= 0.3 is 6.09 Å². The molecular formula is C16H21N3O2. The van der Waals surface area contributed by atoms with E-state index in [0.717, 1.165) is 29.4 Å². The van der Waals surface area contributed by atoms with Crippen LogP contribution in [0.15, 0.2) is 24.4 Å². The summed E-state index contributed by atoms with van der Waals surface area (Å²) in [6.45, 7) is -1.99. The van der Waals surface area contributed by atoms with Crippen molar-refractivity contribution in [2.45, 2.75) is 18.8 Å². The van der Waals surface area contributed by atoms with Crippen LogP contribution in [-0.2, 0) is 17.5 Å². The number of carbonyl (C=O) groups excluding carboxylic acids is 1. The zero-order valence-electron chi connectivity index (χ0n) is 17.0. The number of fused-ring (bicyclic) bond motifs is 1. The molecule has 0 saturated carbocycles. The highest BCUT2D eigenvalue weighted by molar-refractivity contribution is 5.84. The van der Waals surface area contributed by atoms with Crippen molar-refractivity contribution in [3.63, 3.8) is 0 Å². The van der Waals surface area contributed by atoms with Crippen molar-refractivity contribution in [1.29, 1.82) is 0 Å². The zero-order chi connectivity index (χ0) is 19.3. The van der Waals surface area contributed by atoms with Crippen LogP contribution in [0.2, 0.25) is 0 Å². The minimum Gasteiger partial charge on any atom is -0.447 e. The average Bonchev–Trinajstić information content (AvgIpc) is 3.02. The maximum Gasteiger partial charge on any atom is 0.407 e. The number of hydrogen-bond acceptors (Lipinski definition) is 3. The first-order chi connectivity index (χ1) is 12.0. The first-order valence-electron chi connectivity index (χ1n) is 9.24. The Balaban J connectivity index is 2.04. The number of nitrogens with one attached hydrogen (secondary N) is 2. The lowest BCUT2D eigenvalue weighted by Crippen LogP contribution is -2.28. The topological polar surface area (TPSA) is 57.4 Å². The van der Waals surface area contributed by atoms with Crippen LogP contribution in [0.5, 0.6) is 0 Å². The second kappa shape index (κ2) is 5.77. The second-order valence-electron chi connectivity index (χ2n) is 5.24. The van der Waals surface area contributed by atoms with Crippen molar-refractivity contribution in [2.24, 2.45) is 0 Å². The summed E-state index contributed by atoms with van der Waals surface area (Å²) < 4.78 is 45.1. The van der Waals surface area contributed by atoms with Crippen LogP contribution in [0.3, 0.4) is 0 Å². The number of rotatable bonds is 5. The van der Waals surface area contributed by atoms with E-state index >= 15 is 0 Å². The van der Waals surface area contributed by atoms with E-state index in [1.165, 1.54) is 6.07 Å². The van der Waals surface area contributed by atoms with E-state index in [4.69, 9.17) is 6.85 Å². The van der Waals surface area contributed by atoms with Gasteiger partial charge in [-0.2, -0.15) is 0 Å². The molecule has 2 heterocycles. The summed E-state index contributed by atoms with van der Waals surface area (Å²) in [5.41, 5.74) is 1.92. The van der Waals surface area contributed by atoms with Gasteiger partial charge in [0.05, 0.1) is 10.1 Å². The van der Waals surface area contributed by atoms with Gasteiger partial charge in [0.15, 0.2) is 0 Å². The molecule has 3 rings (SSSR count). The molecule has 1 aromatic heterocycles. The third-order valence-electron chi connectivity index (χ3n) is 3.34. The lowest BCUT2D eigenvalue weighted by Gasteiger charge is -2.09. The van der Waals surface area contributed by atoms with Gasteiger partial charge in [0.1, 0.15) is 6.56 Å². The van der Waals surface area contributed by atoms with Crippen molar-refractivity contribution >= 4 is 17.0 Å². The van der Waals surface area contributed by atoms with Crippen molar-refractivity contribution in [3.8, 4) is 0 Å². The number of benzene rings is 1. The molecule has 1 saturated heterocycles. The number of likely N-dealkylation sites (N-methyl/N-ethyl adjacent to an activating group) is 1. The first kappa shape index (κ1) is 9.10. The lowest BCUT2D eigenvalue weighted by atomic mass is 10.0. The molecule has 1 amide bonds. The van der Waals surface area contributed by atoms with Crippen LogP contribution in [0.4, 0.5) is 4.79 Å². The summed E-state index contributed by atoms with van der Waals surface area (Å²) in [7, 11) is 3.93. The fourth-order valence-electron chi connectivity index (χ4n) is 2.26. The number of H-pyrrole nitrogens is 1. The number of cyclic esters (lactones) is 1. The Bertz CT molecular complexity index is 852. The van der Waals surface area contributed by atoms with Crippen molar-refractivity contribution in [1.82, 2.24) is 15.2 Å². The summed E-state index contributed by atoms with van der Waals surface area (Å²) in [6.07, 6.45) is -1.05. The number of amides is 1. The molecule has 1 aliphatic heterocycles. The average molecular weight is 292 g/mol. The molecule has 112 valence electrons. The van der Waals surface area contributed by atoms with Gasteiger partial charge in [-0.05, 0) is 50.1 Å². The van der Waals surface area contributed by atoms with Crippen LogP contribution in [-0.4, -0.2) is 49.2 Å². The molecule has 1 atom stereocenters. The van der Waals surface area contributed by atoms with Crippen LogP contribution in [0, 0.1) is 0 Å². The maximum atomic E-state index is 11.5. The minimum atomic E-state index is -2.81. The molecule has 5 heteroatoms. The van der Waals surface area contributed by atoms with Crippen molar-refractivity contribution in [3.05, 3.63) is 35.5 Å². The van der Waals surface area contributed by atoms with E-state index in [0.29, 0.717) is 0 Å². The fraction of sp³-hybridized carbons (Fsp3) is 0.438. The highest BCUT2D eigenvalue weighted by Crippen LogP contribution is 2.21. The molecule has 2 aromatic rings. The molecule has 5 nitrogen and oxygen atoms in total. The van der Waals surface area contributed by atoms with Gasteiger partial charge < -0.3 is 19.9 Å². The van der Waals surface area contributed by atoms with E-state index < -0.39 is 25.0 Å². The van der Waals surface area contributed by atoms with Gasteiger partial charge in [-0.1, -0.05) is 6.07 Å². The molecule has 0 aliphatic carbocycles. The third kappa shape index (κ3) is 3.19. The van der Waals surface area contributed by atoms with Gasteiger partial charge in [-0.15, -0.1) is 0 Å². The molecule has 21 heavy (non-hydrogen) atoms. The van der Waals surface area contributed by atoms with Gasteiger partial charge in [0.2, 0.25) is 0 Å². The van der Waals surface area contributed by atoms with Crippen LogP contribution in [0.1, 0.15) is 18.0 Å². The second-order valence-corrected chi connectivity index (χ2v) is 5.24. The molecule has 0 bridgehead atoms. The molecular weight excluding hydrogens is 266 g/mol.